The quantitative estimate of drug-likeness (QED) is 0.752. The van der Waals surface area contributed by atoms with E-state index in [0.29, 0.717) is 10.6 Å². The average molecular weight is 280 g/mol. The van der Waals surface area contributed by atoms with Crippen molar-refractivity contribution in [2.24, 2.45) is 0 Å². The van der Waals surface area contributed by atoms with Crippen molar-refractivity contribution in [3.63, 3.8) is 0 Å². The summed E-state index contributed by atoms with van der Waals surface area (Å²) in [5, 5.41) is 21.7. The van der Waals surface area contributed by atoms with Crippen LogP contribution in [0.3, 0.4) is 0 Å². The molecule has 2 rings (SSSR count). The van der Waals surface area contributed by atoms with Gasteiger partial charge in [-0.05, 0) is 23.6 Å². The third-order valence-electron chi connectivity index (χ3n) is 2.52. The van der Waals surface area contributed by atoms with E-state index in [9.17, 15) is 9.59 Å². The fourth-order valence-electron chi connectivity index (χ4n) is 1.58. The van der Waals surface area contributed by atoms with E-state index in [1.165, 1.54) is 11.3 Å². The smallest absolute Gasteiger partial charge is 0.328 e. The van der Waals surface area contributed by atoms with Crippen molar-refractivity contribution in [3.8, 4) is 5.69 Å². The van der Waals surface area contributed by atoms with Crippen molar-refractivity contribution >= 4 is 23.2 Å². The summed E-state index contributed by atoms with van der Waals surface area (Å²) in [6.45, 7) is -0.648. The molecular weight excluding hydrogens is 268 g/mol. The molecule has 0 saturated carbocycles. The molecule has 100 valence electrons. The lowest BCUT2D eigenvalue weighted by Gasteiger charge is -2.12. The van der Waals surface area contributed by atoms with E-state index >= 15 is 0 Å². The van der Waals surface area contributed by atoms with Crippen molar-refractivity contribution in [1.82, 2.24) is 9.88 Å². The number of thiophene rings is 1. The molecule has 0 fully saturated rings. The van der Waals surface area contributed by atoms with Crippen LogP contribution in [-0.4, -0.2) is 39.3 Å². The van der Waals surface area contributed by atoms with Crippen LogP contribution in [0.4, 0.5) is 0 Å². The first-order valence-electron chi connectivity index (χ1n) is 5.49. The Kier molecular flexibility index (Phi) is 3.98. The Labute approximate surface area is 112 Å². The van der Waals surface area contributed by atoms with E-state index in [-0.39, 0.29) is 0 Å². The lowest BCUT2D eigenvalue weighted by molar-refractivity contribution is -0.140. The number of hydrogen-bond donors (Lipinski definition) is 3. The Morgan fingerprint density at radius 2 is 2.05 bits per heavy atom. The molecule has 0 radical (unpaired) electrons. The number of hydrogen-bond acceptors (Lipinski definition) is 4. The number of carboxylic acid groups (broad SMARTS) is 1. The highest BCUT2D eigenvalue weighted by molar-refractivity contribution is 7.12. The molecule has 0 bridgehead atoms. The second kappa shape index (κ2) is 5.68. The van der Waals surface area contributed by atoms with Gasteiger partial charge in [0.05, 0.1) is 12.3 Å². The highest BCUT2D eigenvalue weighted by Crippen LogP contribution is 2.21. The second-order valence-corrected chi connectivity index (χ2v) is 4.69. The largest absolute Gasteiger partial charge is 0.480 e. The van der Waals surface area contributed by atoms with E-state index in [4.69, 9.17) is 10.2 Å². The minimum absolute atomic E-state index is 0.399. The first kappa shape index (κ1) is 13.3. The lowest BCUT2D eigenvalue weighted by atomic mass is 10.3. The normalized spacial score (nSPS) is 12.1. The van der Waals surface area contributed by atoms with Gasteiger partial charge in [-0.25, -0.2) is 4.79 Å². The summed E-state index contributed by atoms with van der Waals surface area (Å²) in [6, 6.07) is 4.13. The van der Waals surface area contributed by atoms with Gasteiger partial charge in [0.25, 0.3) is 5.91 Å². The minimum Gasteiger partial charge on any atom is -0.480 e. The van der Waals surface area contributed by atoms with Crippen LogP contribution in [0.2, 0.25) is 0 Å². The maximum atomic E-state index is 12.0. The summed E-state index contributed by atoms with van der Waals surface area (Å²) >= 11 is 1.21. The number of nitrogens with zero attached hydrogens (tertiary/aromatic N) is 1. The number of carboxylic acids is 1. The average Bonchev–Trinajstić information content (AvgIpc) is 3.03. The Morgan fingerprint density at radius 1 is 1.37 bits per heavy atom. The zero-order valence-electron chi connectivity index (χ0n) is 9.81. The predicted octanol–water partition coefficient (Wildman–Crippen LogP) is 0.714. The Hall–Kier alpha value is -2.12. The summed E-state index contributed by atoms with van der Waals surface area (Å²) in [4.78, 5) is 23.2. The third kappa shape index (κ3) is 2.83. The second-order valence-electron chi connectivity index (χ2n) is 3.77. The summed E-state index contributed by atoms with van der Waals surface area (Å²) in [6.07, 6.45) is 3.58. The molecule has 0 aromatic carbocycles. The number of aliphatic hydroxyl groups excluding tert-OH is 1. The van der Waals surface area contributed by atoms with Crippen LogP contribution in [-0.2, 0) is 4.79 Å². The topological polar surface area (TPSA) is 91.6 Å². The predicted molar refractivity (Wildman–Crippen MR) is 69.6 cm³/mol. The van der Waals surface area contributed by atoms with Crippen molar-refractivity contribution in [1.29, 1.82) is 0 Å². The molecule has 1 atom stereocenters. The molecule has 0 spiro atoms. The van der Waals surface area contributed by atoms with E-state index in [1.807, 2.05) is 12.1 Å². The summed E-state index contributed by atoms with van der Waals surface area (Å²) in [7, 11) is 0. The fraction of sp³-hybridized carbons (Fsp3) is 0.167. The van der Waals surface area contributed by atoms with Gasteiger partial charge in [0, 0.05) is 12.4 Å². The van der Waals surface area contributed by atoms with Crippen molar-refractivity contribution in [2.75, 3.05) is 6.61 Å². The SMILES string of the molecule is O=C(N[C@H](CO)C(=O)O)c1sccc1-n1cccc1. The Morgan fingerprint density at radius 3 is 2.63 bits per heavy atom. The van der Waals surface area contributed by atoms with Gasteiger partial charge >= 0.3 is 5.97 Å². The molecule has 0 aliphatic carbocycles. The summed E-state index contributed by atoms with van der Waals surface area (Å²) in [5.74, 6) is -1.78. The molecule has 3 N–H and O–H groups in total. The molecule has 1 amide bonds. The van der Waals surface area contributed by atoms with Crippen LogP contribution in [0.15, 0.2) is 36.0 Å². The minimum atomic E-state index is -1.30. The van der Waals surface area contributed by atoms with Gasteiger partial charge in [0.15, 0.2) is 6.04 Å². The Balaban J connectivity index is 2.21. The van der Waals surface area contributed by atoms with Crippen molar-refractivity contribution in [2.45, 2.75) is 6.04 Å². The van der Waals surface area contributed by atoms with Gasteiger partial charge < -0.3 is 20.1 Å². The molecule has 7 heteroatoms. The van der Waals surface area contributed by atoms with Crippen molar-refractivity contribution < 1.29 is 19.8 Å². The first-order valence-corrected chi connectivity index (χ1v) is 6.37. The molecular formula is C12H12N2O4S. The molecule has 2 aromatic rings. The van der Waals surface area contributed by atoms with Crippen molar-refractivity contribution in [3.05, 3.63) is 40.8 Å². The molecule has 19 heavy (non-hydrogen) atoms. The van der Waals surface area contributed by atoms with Crippen LogP contribution < -0.4 is 5.32 Å². The van der Waals surface area contributed by atoms with Crippen LogP contribution >= 0.6 is 11.3 Å². The molecule has 6 nitrogen and oxygen atoms in total. The van der Waals surface area contributed by atoms with Gasteiger partial charge in [-0.1, -0.05) is 0 Å². The van der Waals surface area contributed by atoms with E-state index in [2.05, 4.69) is 5.32 Å². The monoisotopic (exact) mass is 280 g/mol. The number of carbonyl (C=O) groups excluding carboxylic acids is 1. The van der Waals surface area contributed by atoms with Gasteiger partial charge in [0.2, 0.25) is 0 Å². The number of aliphatic carboxylic acids is 1. The highest BCUT2D eigenvalue weighted by atomic mass is 32.1. The molecule has 0 aliphatic heterocycles. The van der Waals surface area contributed by atoms with E-state index in [0.717, 1.165) is 0 Å². The lowest BCUT2D eigenvalue weighted by Crippen LogP contribution is -2.43. The third-order valence-corrected chi connectivity index (χ3v) is 3.42. The van der Waals surface area contributed by atoms with Crippen LogP contribution in [0, 0.1) is 0 Å². The molecule has 0 aliphatic rings. The standard InChI is InChI=1S/C12H12N2O4S/c15-7-8(12(17)18)13-11(16)10-9(3-6-19-10)14-4-1-2-5-14/h1-6,8,15H,7H2,(H,13,16)(H,17,18)/t8-/m1/s1. The number of carbonyl (C=O) groups is 2. The maximum absolute atomic E-state index is 12.0. The maximum Gasteiger partial charge on any atom is 0.328 e. The number of nitrogens with one attached hydrogen (secondary N) is 1. The Bertz CT molecular complexity index is 576. The van der Waals surface area contributed by atoms with Gasteiger partial charge in [0.1, 0.15) is 4.88 Å². The van der Waals surface area contributed by atoms with E-state index in [1.54, 1.807) is 28.4 Å². The molecule has 2 heterocycles. The number of aliphatic hydroxyl groups is 1. The van der Waals surface area contributed by atoms with Gasteiger partial charge in [-0.15, -0.1) is 11.3 Å². The number of rotatable bonds is 5. The van der Waals surface area contributed by atoms with Gasteiger partial charge in [-0.2, -0.15) is 0 Å². The van der Waals surface area contributed by atoms with Crippen LogP contribution in [0.1, 0.15) is 9.67 Å². The summed E-state index contributed by atoms with van der Waals surface area (Å²) < 4.78 is 1.76. The molecule has 0 unspecified atom stereocenters. The molecule has 0 saturated heterocycles. The first-order chi connectivity index (χ1) is 9.13. The zero-order chi connectivity index (χ0) is 13.8. The number of aromatic nitrogens is 1. The van der Waals surface area contributed by atoms with Gasteiger partial charge in [-0.3, -0.25) is 4.79 Å². The number of amides is 1. The highest BCUT2D eigenvalue weighted by Gasteiger charge is 2.22. The fourth-order valence-corrected chi connectivity index (χ4v) is 2.37. The summed E-state index contributed by atoms with van der Waals surface area (Å²) in [5.41, 5.74) is 0.676. The van der Waals surface area contributed by atoms with Crippen LogP contribution in [0.5, 0.6) is 0 Å². The zero-order valence-corrected chi connectivity index (χ0v) is 10.6. The molecule has 2 aromatic heterocycles. The van der Waals surface area contributed by atoms with Crippen LogP contribution in [0.25, 0.3) is 5.69 Å². The van der Waals surface area contributed by atoms with E-state index < -0.39 is 24.5 Å².